The Kier molecular flexibility index (Phi) is 10.1. The highest BCUT2D eigenvalue weighted by Crippen LogP contribution is 2.30. The number of fused-ring (bicyclic) bond motifs is 1. The van der Waals surface area contributed by atoms with Gasteiger partial charge in [0.1, 0.15) is 23.9 Å². The van der Waals surface area contributed by atoms with Crippen LogP contribution < -0.4 is 4.90 Å². The molecule has 1 aliphatic carbocycles. The Morgan fingerprint density at radius 2 is 1.93 bits per heavy atom. The molecule has 2 aromatic heterocycles. The summed E-state index contributed by atoms with van der Waals surface area (Å²) in [4.78, 5) is 26.8. The Balaban J connectivity index is 0.000000921. The summed E-state index contributed by atoms with van der Waals surface area (Å²) in [7, 11) is 1.79. The van der Waals surface area contributed by atoms with Crippen molar-refractivity contribution in [1.82, 2.24) is 15.0 Å². The molecule has 154 valence electrons. The summed E-state index contributed by atoms with van der Waals surface area (Å²) in [5.41, 5.74) is 2.37. The van der Waals surface area contributed by atoms with Gasteiger partial charge >= 0.3 is 5.97 Å². The molecule has 7 heteroatoms. The predicted octanol–water partition coefficient (Wildman–Crippen LogP) is 4.22. The molecule has 0 saturated heterocycles. The van der Waals surface area contributed by atoms with Crippen LogP contribution in [-0.2, 0) is 22.4 Å². The number of carbonyl (C=O) groups excluding carboxylic acids is 1. The third-order valence-electron chi connectivity index (χ3n) is 3.90. The molecular weight excluding hydrogens is 359 g/mol. The number of esters is 1. The van der Waals surface area contributed by atoms with Crippen LogP contribution in [0.15, 0.2) is 18.3 Å². The van der Waals surface area contributed by atoms with Crippen LogP contribution in [0.3, 0.4) is 0 Å². The smallest absolute Gasteiger partial charge is 0.325 e. The maximum absolute atomic E-state index is 13.5. The first-order valence-corrected chi connectivity index (χ1v) is 9.97. The van der Waals surface area contributed by atoms with Crippen molar-refractivity contribution < 1.29 is 13.9 Å². The number of likely N-dealkylation sites (N-methyl/N-ethyl adjacent to an activating group) is 1. The standard InChI is InChI=1S/C17H19FN4O2.2C2H6/c1-3-24-15(23)10-22(2)17-12-5-4-6-13(12)20-16(21-17)14-9-11(18)7-8-19-14;2*1-2/h7-9H,3-6,10H2,1-2H3;2*1-2H3. The van der Waals surface area contributed by atoms with Crippen molar-refractivity contribution >= 4 is 11.8 Å². The van der Waals surface area contributed by atoms with E-state index in [1.54, 1.807) is 18.9 Å². The lowest BCUT2D eigenvalue weighted by molar-refractivity contribution is -0.141. The molecule has 2 aromatic rings. The van der Waals surface area contributed by atoms with Gasteiger partial charge in [-0.25, -0.2) is 14.4 Å². The number of hydrogen-bond donors (Lipinski definition) is 0. The third-order valence-corrected chi connectivity index (χ3v) is 3.90. The van der Waals surface area contributed by atoms with E-state index in [0.717, 1.165) is 30.5 Å². The van der Waals surface area contributed by atoms with E-state index in [0.29, 0.717) is 23.9 Å². The molecule has 0 aromatic carbocycles. The van der Waals surface area contributed by atoms with Crippen LogP contribution in [0, 0.1) is 5.82 Å². The summed E-state index contributed by atoms with van der Waals surface area (Å²) >= 11 is 0. The van der Waals surface area contributed by atoms with E-state index in [1.807, 2.05) is 27.7 Å². The van der Waals surface area contributed by atoms with E-state index in [-0.39, 0.29) is 18.3 Å². The van der Waals surface area contributed by atoms with Crippen molar-refractivity contribution in [2.24, 2.45) is 0 Å². The minimum atomic E-state index is -0.384. The van der Waals surface area contributed by atoms with E-state index in [1.165, 1.54) is 18.3 Å². The van der Waals surface area contributed by atoms with Gasteiger partial charge in [0.15, 0.2) is 5.82 Å². The fraction of sp³-hybridized carbons (Fsp3) is 0.524. The van der Waals surface area contributed by atoms with Crippen LogP contribution in [0.5, 0.6) is 0 Å². The second-order valence-electron chi connectivity index (χ2n) is 5.67. The van der Waals surface area contributed by atoms with Crippen LogP contribution in [0.25, 0.3) is 11.5 Å². The monoisotopic (exact) mass is 390 g/mol. The molecule has 3 rings (SSSR count). The first kappa shape index (κ1) is 23.5. The maximum Gasteiger partial charge on any atom is 0.325 e. The molecule has 0 N–H and O–H groups in total. The lowest BCUT2D eigenvalue weighted by atomic mass is 10.2. The normalized spacial score (nSPS) is 11.4. The van der Waals surface area contributed by atoms with Gasteiger partial charge in [0.25, 0.3) is 0 Å². The molecule has 1 aliphatic rings. The number of aromatic nitrogens is 3. The van der Waals surface area contributed by atoms with Gasteiger partial charge in [-0.05, 0) is 32.3 Å². The van der Waals surface area contributed by atoms with Gasteiger partial charge in [-0.2, -0.15) is 0 Å². The van der Waals surface area contributed by atoms with Crippen molar-refractivity contribution in [2.75, 3.05) is 25.1 Å². The molecule has 0 saturated carbocycles. The predicted molar refractivity (Wildman–Crippen MR) is 110 cm³/mol. The van der Waals surface area contributed by atoms with Crippen molar-refractivity contribution in [3.05, 3.63) is 35.4 Å². The highest BCUT2D eigenvalue weighted by atomic mass is 19.1. The maximum atomic E-state index is 13.5. The summed E-state index contributed by atoms with van der Waals surface area (Å²) in [6, 6.07) is 2.59. The van der Waals surface area contributed by atoms with Gasteiger partial charge in [0.05, 0.1) is 6.61 Å². The van der Waals surface area contributed by atoms with Crippen molar-refractivity contribution in [3.63, 3.8) is 0 Å². The lowest BCUT2D eigenvalue weighted by Gasteiger charge is -2.20. The van der Waals surface area contributed by atoms with Gasteiger partial charge in [0, 0.05) is 30.6 Å². The molecular formula is C21H31FN4O2. The van der Waals surface area contributed by atoms with E-state index >= 15 is 0 Å². The van der Waals surface area contributed by atoms with Gasteiger partial charge in [0.2, 0.25) is 0 Å². The van der Waals surface area contributed by atoms with Gasteiger partial charge in [-0.15, -0.1) is 0 Å². The number of anilines is 1. The molecule has 0 aliphatic heterocycles. The number of hydrogen-bond acceptors (Lipinski definition) is 6. The van der Waals surface area contributed by atoms with Crippen LogP contribution in [-0.4, -0.2) is 41.1 Å². The zero-order valence-electron chi connectivity index (χ0n) is 17.8. The second-order valence-corrected chi connectivity index (χ2v) is 5.67. The number of nitrogens with zero attached hydrogens (tertiary/aromatic N) is 4. The first-order valence-electron chi connectivity index (χ1n) is 9.97. The molecule has 0 unspecified atom stereocenters. The second kappa shape index (κ2) is 12.0. The van der Waals surface area contributed by atoms with Crippen LogP contribution in [0.4, 0.5) is 10.2 Å². The zero-order chi connectivity index (χ0) is 21.1. The quantitative estimate of drug-likeness (QED) is 0.712. The first-order chi connectivity index (χ1) is 13.6. The summed E-state index contributed by atoms with van der Waals surface area (Å²) in [6.45, 7) is 10.2. The molecule has 0 fully saturated rings. The highest BCUT2D eigenvalue weighted by molar-refractivity contribution is 5.76. The number of halogens is 1. The molecule has 28 heavy (non-hydrogen) atoms. The fourth-order valence-corrected chi connectivity index (χ4v) is 2.85. The summed E-state index contributed by atoms with van der Waals surface area (Å²) in [5.74, 6) is 0.369. The number of rotatable bonds is 5. The van der Waals surface area contributed by atoms with Crippen molar-refractivity contribution in [1.29, 1.82) is 0 Å². The molecule has 0 radical (unpaired) electrons. The minimum Gasteiger partial charge on any atom is -0.465 e. The van der Waals surface area contributed by atoms with Crippen molar-refractivity contribution in [2.45, 2.75) is 53.9 Å². The Morgan fingerprint density at radius 1 is 1.21 bits per heavy atom. The molecule has 6 nitrogen and oxygen atoms in total. The summed E-state index contributed by atoms with van der Waals surface area (Å²) in [5, 5.41) is 0. The number of pyridine rings is 1. The zero-order valence-corrected chi connectivity index (χ0v) is 17.8. The Morgan fingerprint density at radius 3 is 2.57 bits per heavy atom. The molecule has 0 amide bonds. The number of carbonyl (C=O) groups is 1. The fourth-order valence-electron chi connectivity index (χ4n) is 2.85. The van der Waals surface area contributed by atoms with Gasteiger partial charge in [-0.1, -0.05) is 27.7 Å². The molecule has 0 spiro atoms. The van der Waals surface area contributed by atoms with E-state index in [9.17, 15) is 9.18 Å². The largest absolute Gasteiger partial charge is 0.465 e. The van der Waals surface area contributed by atoms with E-state index in [4.69, 9.17) is 4.74 Å². The molecule has 0 atom stereocenters. The van der Waals surface area contributed by atoms with Crippen molar-refractivity contribution in [3.8, 4) is 11.5 Å². The van der Waals surface area contributed by atoms with Crippen LogP contribution >= 0.6 is 0 Å². The minimum absolute atomic E-state index is 0.104. The third kappa shape index (κ3) is 5.97. The Labute approximate surface area is 167 Å². The number of ether oxygens (including phenoxy) is 1. The SMILES string of the molecule is CC.CC.CCOC(=O)CN(C)c1nc(-c2cc(F)ccn2)nc2c1CCC2. The number of aryl methyl sites for hydroxylation is 1. The summed E-state index contributed by atoms with van der Waals surface area (Å²) in [6.07, 6.45) is 4.10. The molecule has 0 bridgehead atoms. The Hall–Kier alpha value is -2.57. The summed E-state index contributed by atoms with van der Waals surface area (Å²) < 4.78 is 18.5. The highest BCUT2D eigenvalue weighted by Gasteiger charge is 2.23. The van der Waals surface area contributed by atoms with Crippen LogP contribution in [0.2, 0.25) is 0 Å². The van der Waals surface area contributed by atoms with Crippen LogP contribution in [0.1, 0.15) is 52.3 Å². The Bertz CT molecular complexity index is 768. The van der Waals surface area contributed by atoms with E-state index in [2.05, 4.69) is 15.0 Å². The van der Waals surface area contributed by atoms with E-state index < -0.39 is 0 Å². The average Bonchev–Trinajstić information content (AvgIpc) is 3.19. The topological polar surface area (TPSA) is 68.2 Å². The average molecular weight is 391 g/mol. The molecule has 2 heterocycles. The lowest BCUT2D eigenvalue weighted by Crippen LogP contribution is -2.29. The van der Waals surface area contributed by atoms with Gasteiger partial charge < -0.3 is 9.64 Å². The van der Waals surface area contributed by atoms with Gasteiger partial charge in [-0.3, -0.25) is 9.78 Å².